The molecule has 1 aliphatic heterocycles. The van der Waals surface area contributed by atoms with Gasteiger partial charge in [0.25, 0.3) is 5.89 Å². The molecule has 7 nitrogen and oxygen atoms in total. The molecule has 0 saturated heterocycles. The second-order valence-corrected chi connectivity index (χ2v) is 9.73. The highest BCUT2D eigenvalue weighted by Gasteiger charge is 2.30. The number of halogens is 1. The Hall–Kier alpha value is -2.59. The molecule has 150 valence electrons. The number of nitrogens with zero attached hydrogens (tertiary/aromatic N) is 4. The van der Waals surface area contributed by atoms with E-state index in [0.29, 0.717) is 16.7 Å². The number of rotatable bonds is 4. The third-order valence-corrected chi connectivity index (χ3v) is 7.67. The summed E-state index contributed by atoms with van der Waals surface area (Å²) >= 11 is 1.29. The number of nitrogens with two attached hydrogens (primary N) is 1. The summed E-state index contributed by atoms with van der Waals surface area (Å²) in [5.74, 6) is 1.62. The van der Waals surface area contributed by atoms with Crippen LogP contribution in [-0.2, 0) is 11.0 Å². The van der Waals surface area contributed by atoms with Crippen molar-refractivity contribution in [1.82, 2.24) is 14.4 Å². The van der Waals surface area contributed by atoms with Crippen LogP contribution in [0.4, 0.5) is 4.39 Å². The van der Waals surface area contributed by atoms with Gasteiger partial charge in [-0.25, -0.2) is 13.6 Å². The Morgan fingerprint density at radius 2 is 2.10 bits per heavy atom. The van der Waals surface area contributed by atoms with Gasteiger partial charge in [0.2, 0.25) is 5.96 Å². The molecule has 1 aromatic carbocycles. The minimum absolute atomic E-state index is 0.152. The van der Waals surface area contributed by atoms with E-state index >= 15 is 0 Å². The first-order valence-electron chi connectivity index (χ1n) is 9.18. The predicted octanol–water partition coefficient (Wildman–Crippen LogP) is 3.45. The van der Waals surface area contributed by atoms with Crippen molar-refractivity contribution >= 4 is 28.3 Å². The summed E-state index contributed by atoms with van der Waals surface area (Å²) in [5.41, 5.74) is 7.45. The van der Waals surface area contributed by atoms with E-state index in [1.54, 1.807) is 7.05 Å². The number of thiophene rings is 1. The van der Waals surface area contributed by atoms with Crippen LogP contribution in [0.5, 0.6) is 0 Å². The van der Waals surface area contributed by atoms with Gasteiger partial charge in [-0.05, 0) is 36.6 Å². The smallest absolute Gasteiger partial charge is 0.257 e. The van der Waals surface area contributed by atoms with Gasteiger partial charge in [-0.1, -0.05) is 17.3 Å². The zero-order chi connectivity index (χ0) is 20.1. The number of aliphatic imine (C=N–C) groups is 1. The largest absolute Gasteiger partial charge is 0.369 e. The van der Waals surface area contributed by atoms with Crippen molar-refractivity contribution in [3.05, 3.63) is 46.9 Å². The number of benzene rings is 1. The van der Waals surface area contributed by atoms with Gasteiger partial charge in [0.15, 0.2) is 5.82 Å². The van der Waals surface area contributed by atoms with Crippen molar-refractivity contribution in [2.75, 3.05) is 12.8 Å². The van der Waals surface area contributed by atoms with E-state index in [1.807, 2.05) is 24.3 Å². The Morgan fingerprint density at radius 1 is 1.31 bits per heavy atom. The van der Waals surface area contributed by atoms with Gasteiger partial charge in [-0.3, -0.25) is 4.31 Å². The first-order valence-corrected chi connectivity index (χ1v) is 11.3. The minimum atomic E-state index is -1.32. The molecule has 5 rings (SSSR count). The quantitative estimate of drug-likeness (QED) is 0.682. The van der Waals surface area contributed by atoms with Crippen LogP contribution in [-0.4, -0.2) is 37.4 Å². The maximum absolute atomic E-state index is 14.7. The zero-order valence-electron chi connectivity index (χ0n) is 15.5. The van der Waals surface area contributed by atoms with E-state index < -0.39 is 17.0 Å². The molecule has 3 heterocycles. The number of guanidine groups is 1. The number of hydrogen-bond acceptors (Lipinski definition) is 7. The van der Waals surface area contributed by atoms with Gasteiger partial charge in [-0.15, -0.1) is 11.3 Å². The average Bonchev–Trinajstić information content (AvgIpc) is 3.31. The highest BCUT2D eigenvalue weighted by molar-refractivity contribution is 7.83. The molecule has 2 aliphatic rings. The summed E-state index contributed by atoms with van der Waals surface area (Å²) in [7, 11) is 0.286. The van der Waals surface area contributed by atoms with E-state index in [0.717, 1.165) is 34.7 Å². The Labute approximate surface area is 173 Å². The monoisotopic (exact) mass is 431 g/mol. The minimum Gasteiger partial charge on any atom is -0.369 e. The van der Waals surface area contributed by atoms with Crippen LogP contribution < -0.4 is 5.73 Å². The molecule has 2 unspecified atom stereocenters. The van der Waals surface area contributed by atoms with E-state index in [4.69, 9.17) is 10.3 Å². The predicted molar refractivity (Wildman–Crippen MR) is 110 cm³/mol. The van der Waals surface area contributed by atoms with Gasteiger partial charge in [-0.2, -0.15) is 4.98 Å². The average molecular weight is 432 g/mol. The fourth-order valence-corrected chi connectivity index (χ4v) is 5.35. The van der Waals surface area contributed by atoms with E-state index in [9.17, 15) is 8.60 Å². The number of aromatic nitrogens is 2. The van der Waals surface area contributed by atoms with Crippen molar-refractivity contribution in [3.63, 3.8) is 0 Å². The van der Waals surface area contributed by atoms with Crippen LogP contribution in [0.1, 0.15) is 35.5 Å². The summed E-state index contributed by atoms with van der Waals surface area (Å²) < 4.78 is 33.7. The molecule has 1 aliphatic carbocycles. The zero-order valence-corrected chi connectivity index (χ0v) is 17.2. The lowest BCUT2D eigenvalue weighted by Crippen LogP contribution is -2.41. The fourth-order valence-electron chi connectivity index (χ4n) is 3.18. The topological polar surface area (TPSA) is 97.6 Å². The Kier molecular flexibility index (Phi) is 4.47. The number of hydrogen-bond donors (Lipinski definition) is 1. The molecular weight excluding hydrogens is 413 g/mol. The summed E-state index contributed by atoms with van der Waals surface area (Å²) in [5, 5.41) is 4.05. The maximum atomic E-state index is 14.7. The first-order chi connectivity index (χ1) is 14.0. The van der Waals surface area contributed by atoms with Gasteiger partial charge < -0.3 is 10.3 Å². The molecule has 3 aromatic rings. The van der Waals surface area contributed by atoms with Crippen molar-refractivity contribution in [2.24, 2.45) is 10.7 Å². The molecule has 0 amide bonds. The highest BCUT2D eigenvalue weighted by atomic mass is 32.2. The van der Waals surface area contributed by atoms with Gasteiger partial charge >= 0.3 is 0 Å². The Morgan fingerprint density at radius 3 is 2.86 bits per heavy atom. The molecule has 0 radical (unpaired) electrons. The lowest BCUT2D eigenvalue weighted by atomic mass is 10.1. The second-order valence-electron chi connectivity index (χ2n) is 7.12. The molecule has 2 atom stereocenters. The van der Waals surface area contributed by atoms with Gasteiger partial charge in [0, 0.05) is 23.4 Å². The SMILES string of the molecule is CN1C(N)=NC(c2sc(-c3cccc(-c4nc(C5CC5)no4)c3)cc2F)CS1=O. The van der Waals surface area contributed by atoms with Crippen LogP contribution in [0.2, 0.25) is 0 Å². The normalized spacial score (nSPS) is 22.0. The molecule has 1 fully saturated rings. The molecule has 1 saturated carbocycles. The third kappa shape index (κ3) is 3.46. The molecule has 29 heavy (non-hydrogen) atoms. The fraction of sp³-hybridized carbons (Fsp3) is 0.316. The van der Waals surface area contributed by atoms with Crippen molar-refractivity contribution < 1.29 is 13.1 Å². The van der Waals surface area contributed by atoms with E-state index in [2.05, 4.69) is 15.1 Å². The summed E-state index contributed by atoms with van der Waals surface area (Å²) in [4.78, 5) is 9.97. The van der Waals surface area contributed by atoms with Crippen LogP contribution in [0.25, 0.3) is 21.9 Å². The molecule has 2 aromatic heterocycles. The standard InChI is InChI=1S/C19H18FN5O2S2/c1-25-19(21)22-14(9-29(25)26)16-13(20)8-15(28-16)11-3-2-4-12(7-11)18-23-17(24-27-18)10-5-6-10/h2-4,7-8,10,14H,5-6,9H2,1H3,(H2,21,22). The molecule has 2 N–H and O–H groups in total. The van der Waals surface area contributed by atoms with Crippen molar-refractivity contribution in [1.29, 1.82) is 0 Å². The summed E-state index contributed by atoms with van der Waals surface area (Å²) in [6, 6.07) is 8.51. The van der Waals surface area contributed by atoms with Crippen LogP contribution in [0.3, 0.4) is 0 Å². The summed E-state index contributed by atoms with van der Waals surface area (Å²) in [6.07, 6.45) is 2.20. The van der Waals surface area contributed by atoms with Crippen molar-refractivity contribution in [3.8, 4) is 21.9 Å². The molecule has 0 spiro atoms. The van der Waals surface area contributed by atoms with Crippen LogP contribution >= 0.6 is 11.3 Å². The van der Waals surface area contributed by atoms with Crippen LogP contribution in [0.15, 0.2) is 39.8 Å². The maximum Gasteiger partial charge on any atom is 0.257 e. The van der Waals surface area contributed by atoms with Gasteiger partial charge in [0.1, 0.15) is 22.8 Å². The second kappa shape index (κ2) is 7.03. The Bertz CT molecular complexity index is 1140. The van der Waals surface area contributed by atoms with Crippen LogP contribution in [0, 0.1) is 5.82 Å². The highest BCUT2D eigenvalue weighted by Crippen LogP contribution is 2.40. The lowest BCUT2D eigenvalue weighted by Gasteiger charge is -2.25. The molecular formula is C19H18FN5O2S2. The van der Waals surface area contributed by atoms with E-state index in [1.165, 1.54) is 21.7 Å². The third-order valence-electron chi connectivity index (χ3n) is 5.01. The molecule has 0 bridgehead atoms. The van der Waals surface area contributed by atoms with Gasteiger partial charge in [0.05, 0.1) is 10.6 Å². The summed E-state index contributed by atoms with van der Waals surface area (Å²) in [6.45, 7) is 0. The molecule has 10 heteroatoms. The lowest BCUT2D eigenvalue weighted by molar-refractivity contribution is 0.422. The van der Waals surface area contributed by atoms with Crippen molar-refractivity contribution in [2.45, 2.75) is 24.8 Å². The Balaban J connectivity index is 1.46. The first kappa shape index (κ1) is 18.4. The van der Waals surface area contributed by atoms with E-state index in [-0.39, 0.29) is 17.5 Å².